The van der Waals surface area contributed by atoms with Crippen LogP contribution in [-0.2, 0) is 4.79 Å². The minimum atomic E-state index is 0.603. The monoisotopic (exact) mass is 259 g/mol. The molecule has 0 aliphatic rings. The summed E-state index contributed by atoms with van der Waals surface area (Å²) in [4.78, 5) is 9.99. The Hall–Kier alpha value is -1.37. The van der Waals surface area contributed by atoms with E-state index in [0.717, 1.165) is 25.7 Å². The maximum atomic E-state index is 9.99. The molecule has 0 saturated heterocycles. The maximum Gasteiger partial charge on any atom is 0.198 e. The van der Waals surface area contributed by atoms with Crippen molar-refractivity contribution in [3.05, 3.63) is 48.6 Å². The lowest BCUT2D eigenvalue weighted by Crippen LogP contribution is -1.79. The Morgan fingerprint density at radius 2 is 1.32 bits per heavy atom. The van der Waals surface area contributed by atoms with E-state index in [1.165, 1.54) is 19.3 Å². The molecule has 0 aromatic heterocycles. The highest BCUT2D eigenvalue weighted by Crippen LogP contribution is 2.06. The second-order valence-electron chi connectivity index (χ2n) is 4.49. The normalized spacial score (nSPS) is 12.5. The third-order valence-corrected chi connectivity index (χ3v) is 2.71. The van der Waals surface area contributed by atoms with Crippen LogP contribution in [0.25, 0.3) is 0 Å². The van der Waals surface area contributed by atoms with Gasteiger partial charge in [0.05, 0.1) is 0 Å². The average Bonchev–Trinajstić information content (AvgIpc) is 2.43. The summed E-state index contributed by atoms with van der Waals surface area (Å²) >= 11 is 0. The molecule has 0 N–H and O–H groups in total. The van der Waals surface area contributed by atoms with E-state index < -0.39 is 0 Å². The van der Waals surface area contributed by atoms with Crippen molar-refractivity contribution in [3.63, 3.8) is 0 Å². The van der Waals surface area contributed by atoms with Crippen LogP contribution >= 0.6 is 0 Å². The number of unbranched alkanes of at least 4 members (excludes halogenated alkanes) is 6. The fourth-order valence-corrected chi connectivity index (χ4v) is 1.64. The van der Waals surface area contributed by atoms with Crippen LogP contribution in [0.5, 0.6) is 0 Å². The molecular formula is C18H27O. The van der Waals surface area contributed by atoms with E-state index in [-0.39, 0.29) is 0 Å². The van der Waals surface area contributed by atoms with Crippen LogP contribution in [0.15, 0.2) is 48.6 Å². The van der Waals surface area contributed by atoms with E-state index in [2.05, 4.69) is 37.3 Å². The summed E-state index contributed by atoms with van der Waals surface area (Å²) in [5.41, 5.74) is 0. The molecule has 0 saturated carbocycles. The lowest BCUT2D eigenvalue weighted by atomic mass is 10.1. The van der Waals surface area contributed by atoms with Crippen molar-refractivity contribution in [1.29, 1.82) is 0 Å². The number of rotatable bonds is 12. The molecule has 0 rings (SSSR count). The van der Waals surface area contributed by atoms with Gasteiger partial charge in [-0.15, -0.1) is 0 Å². The highest BCUT2D eigenvalue weighted by Gasteiger charge is 1.89. The molecule has 0 heterocycles. The molecule has 0 fully saturated rings. The lowest BCUT2D eigenvalue weighted by Gasteiger charge is -1.96. The van der Waals surface area contributed by atoms with Crippen LogP contribution < -0.4 is 0 Å². The quantitative estimate of drug-likeness (QED) is 0.336. The zero-order valence-corrected chi connectivity index (χ0v) is 12.2. The molecule has 0 spiro atoms. The minimum absolute atomic E-state index is 0.603. The average molecular weight is 259 g/mol. The molecule has 0 bridgehead atoms. The molecule has 0 unspecified atom stereocenters. The predicted molar refractivity (Wildman–Crippen MR) is 84.9 cm³/mol. The van der Waals surface area contributed by atoms with Gasteiger partial charge in [0.2, 0.25) is 0 Å². The van der Waals surface area contributed by atoms with Crippen LogP contribution in [0.1, 0.15) is 58.3 Å². The smallest absolute Gasteiger partial charge is 0.198 e. The molecule has 1 radical (unpaired) electrons. The zero-order valence-electron chi connectivity index (χ0n) is 12.2. The molecule has 1 nitrogen and oxygen atoms in total. The third-order valence-electron chi connectivity index (χ3n) is 2.71. The summed E-state index contributed by atoms with van der Waals surface area (Å²) < 4.78 is 0. The van der Waals surface area contributed by atoms with Crippen molar-refractivity contribution < 1.29 is 4.79 Å². The first-order chi connectivity index (χ1) is 9.41. The van der Waals surface area contributed by atoms with Gasteiger partial charge >= 0.3 is 0 Å². The van der Waals surface area contributed by atoms with Crippen molar-refractivity contribution in [1.82, 2.24) is 0 Å². The molecule has 0 aliphatic carbocycles. The van der Waals surface area contributed by atoms with Gasteiger partial charge in [0.25, 0.3) is 0 Å². The molecular weight excluding hydrogens is 232 g/mol. The summed E-state index contributed by atoms with van der Waals surface area (Å²) in [7, 11) is 0. The van der Waals surface area contributed by atoms with Crippen LogP contribution in [-0.4, -0.2) is 6.29 Å². The Bertz CT molecular complexity index is 295. The highest BCUT2D eigenvalue weighted by atomic mass is 16.1. The van der Waals surface area contributed by atoms with Crippen molar-refractivity contribution in [2.45, 2.75) is 58.3 Å². The number of hydrogen-bond donors (Lipinski definition) is 0. The first-order valence-corrected chi connectivity index (χ1v) is 7.41. The van der Waals surface area contributed by atoms with E-state index in [1.807, 2.05) is 24.5 Å². The van der Waals surface area contributed by atoms with E-state index >= 15 is 0 Å². The van der Waals surface area contributed by atoms with Crippen LogP contribution in [0.3, 0.4) is 0 Å². The number of carbonyl (C=O) groups excluding carboxylic acids is 1. The van der Waals surface area contributed by atoms with Gasteiger partial charge in [-0.3, -0.25) is 4.79 Å². The minimum Gasteiger partial charge on any atom is -0.291 e. The first-order valence-electron chi connectivity index (χ1n) is 7.41. The number of hydrogen-bond acceptors (Lipinski definition) is 1. The second kappa shape index (κ2) is 16.6. The van der Waals surface area contributed by atoms with Gasteiger partial charge < -0.3 is 0 Å². The van der Waals surface area contributed by atoms with Crippen LogP contribution in [0, 0.1) is 0 Å². The molecule has 0 atom stereocenters. The molecule has 0 aromatic carbocycles. The van der Waals surface area contributed by atoms with E-state index in [9.17, 15) is 4.79 Å². The molecule has 0 aliphatic heterocycles. The van der Waals surface area contributed by atoms with E-state index in [4.69, 9.17) is 0 Å². The van der Waals surface area contributed by atoms with Crippen molar-refractivity contribution in [3.8, 4) is 0 Å². The fourth-order valence-electron chi connectivity index (χ4n) is 1.64. The van der Waals surface area contributed by atoms with Gasteiger partial charge in [0, 0.05) is 6.42 Å². The lowest BCUT2D eigenvalue weighted by molar-refractivity contribution is 0.542. The summed E-state index contributed by atoms with van der Waals surface area (Å²) in [6.45, 7) is 2.13. The SMILES string of the molecule is CCC=CC=CC=CC=CCCCCCCC[C]=O. The van der Waals surface area contributed by atoms with Crippen molar-refractivity contribution >= 4 is 6.29 Å². The molecule has 0 aromatic rings. The maximum absolute atomic E-state index is 9.99. The number of allylic oxidation sites excluding steroid dienone is 8. The Balaban J connectivity index is 3.33. The Labute approximate surface area is 118 Å². The van der Waals surface area contributed by atoms with Gasteiger partial charge in [-0.2, -0.15) is 0 Å². The van der Waals surface area contributed by atoms with Gasteiger partial charge in [-0.25, -0.2) is 0 Å². The van der Waals surface area contributed by atoms with Gasteiger partial charge in [0.15, 0.2) is 6.29 Å². The standard InChI is InChI=1S/C18H27O/c1-2-3-4-5-6-7-8-9-10-11-12-13-14-15-16-17-18-19/h3-10H,2,11-17H2,1H3. The fraction of sp³-hybridized carbons (Fsp3) is 0.500. The summed E-state index contributed by atoms with van der Waals surface area (Å²) in [5.74, 6) is 0. The van der Waals surface area contributed by atoms with Gasteiger partial charge in [-0.05, 0) is 25.7 Å². The first kappa shape index (κ1) is 17.6. The Morgan fingerprint density at radius 1 is 0.737 bits per heavy atom. The van der Waals surface area contributed by atoms with Gasteiger partial charge in [0.1, 0.15) is 0 Å². The van der Waals surface area contributed by atoms with Crippen molar-refractivity contribution in [2.24, 2.45) is 0 Å². The Morgan fingerprint density at radius 3 is 2.00 bits per heavy atom. The summed E-state index contributed by atoms with van der Waals surface area (Å²) in [6.07, 6.45) is 27.4. The largest absolute Gasteiger partial charge is 0.291 e. The summed E-state index contributed by atoms with van der Waals surface area (Å²) in [6, 6.07) is 0. The molecule has 105 valence electrons. The Kier molecular flexibility index (Phi) is 15.4. The molecule has 0 amide bonds. The topological polar surface area (TPSA) is 17.1 Å². The van der Waals surface area contributed by atoms with E-state index in [0.29, 0.717) is 6.42 Å². The predicted octanol–water partition coefficient (Wildman–Crippen LogP) is 5.46. The summed E-state index contributed by atoms with van der Waals surface area (Å²) in [5, 5.41) is 0. The van der Waals surface area contributed by atoms with Crippen LogP contribution in [0.2, 0.25) is 0 Å². The van der Waals surface area contributed by atoms with Crippen LogP contribution in [0.4, 0.5) is 0 Å². The highest BCUT2D eigenvalue weighted by molar-refractivity contribution is 5.50. The van der Waals surface area contributed by atoms with E-state index in [1.54, 1.807) is 0 Å². The van der Waals surface area contributed by atoms with Crippen molar-refractivity contribution in [2.75, 3.05) is 0 Å². The second-order valence-corrected chi connectivity index (χ2v) is 4.49. The zero-order chi connectivity index (χ0) is 14.0. The molecule has 1 heteroatoms. The van der Waals surface area contributed by atoms with Gasteiger partial charge in [-0.1, -0.05) is 74.8 Å². The third kappa shape index (κ3) is 16.6. The molecule has 19 heavy (non-hydrogen) atoms.